The molecule has 0 saturated heterocycles. The summed E-state index contributed by atoms with van der Waals surface area (Å²) in [5.74, 6) is -0.333. The van der Waals surface area contributed by atoms with Crippen LogP contribution in [-0.4, -0.2) is 6.61 Å². The maximum absolute atomic E-state index is 15.0. The predicted molar refractivity (Wildman–Crippen MR) is 110 cm³/mol. The zero-order chi connectivity index (χ0) is 20.8. The zero-order valence-electron chi connectivity index (χ0n) is 16.9. The summed E-state index contributed by atoms with van der Waals surface area (Å²) in [6.45, 7) is 4.87. The van der Waals surface area contributed by atoms with Crippen LogP contribution >= 0.6 is 0 Å². The van der Waals surface area contributed by atoms with E-state index in [0.717, 1.165) is 18.4 Å². The molecule has 1 heterocycles. The maximum atomic E-state index is 15.0. The molecular formula is C24H26F2O3. The van der Waals surface area contributed by atoms with Crippen molar-refractivity contribution in [2.75, 3.05) is 6.61 Å². The Morgan fingerprint density at radius 2 is 1.72 bits per heavy atom. The number of hydrogen-bond donors (Lipinski definition) is 0. The number of aryl methyl sites for hydroxylation is 3. The van der Waals surface area contributed by atoms with Gasteiger partial charge in [-0.25, -0.2) is 13.6 Å². The first-order chi connectivity index (χ1) is 14.0. The minimum absolute atomic E-state index is 0.0321. The van der Waals surface area contributed by atoms with Crippen LogP contribution in [0.5, 0.6) is 0 Å². The lowest BCUT2D eigenvalue weighted by Crippen LogP contribution is -2.07. The van der Waals surface area contributed by atoms with Gasteiger partial charge in [0, 0.05) is 13.0 Å². The minimum Gasteiger partial charge on any atom is -0.427 e. The lowest BCUT2D eigenvalue weighted by atomic mass is 9.99. The van der Waals surface area contributed by atoms with Crippen molar-refractivity contribution < 1.29 is 17.9 Å². The van der Waals surface area contributed by atoms with E-state index < -0.39 is 11.4 Å². The minimum atomic E-state index is -0.653. The van der Waals surface area contributed by atoms with E-state index >= 15 is 0 Å². The van der Waals surface area contributed by atoms with Crippen molar-refractivity contribution >= 4 is 10.8 Å². The van der Waals surface area contributed by atoms with Crippen LogP contribution in [0.2, 0.25) is 0 Å². The number of unbranched alkanes of at least 4 members (excludes halogenated alkanes) is 1. The molecular weight excluding hydrogens is 374 g/mol. The lowest BCUT2D eigenvalue weighted by Gasteiger charge is -2.09. The standard InChI is InChI=1S/C24H26F2O3/c1-3-5-6-20-14-19-12-11-18(23(26)22(19)24(27)29-20)10-9-17-8-7-16(13-21(17)25)15-28-4-2/h7-8,11-14H,3-6,9-10,15H2,1-2H3. The lowest BCUT2D eigenvalue weighted by molar-refractivity contribution is 0.134. The number of benzene rings is 2. The first-order valence-electron chi connectivity index (χ1n) is 10.1. The highest BCUT2D eigenvalue weighted by atomic mass is 19.1. The van der Waals surface area contributed by atoms with Gasteiger partial charge in [0.15, 0.2) is 0 Å². The fraction of sp³-hybridized carbons (Fsp3) is 0.375. The van der Waals surface area contributed by atoms with E-state index in [1.807, 2.05) is 13.0 Å². The second-order valence-electron chi connectivity index (χ2n) is 7.17. The Morgan fingerprint density at radius 3 is 2.45 bits per heavy atom. The number of ether oxygens (including phenoxy) is 1. The van der Waals surface area contributed by atoms with Gasteiger partial charge in [-0.15, -0.1) is 0 Å². The third-order valence-corrected chi connectivity index (χ3v) is 5.03. The van der Waals surface area contributed by atoms with E-state index in [2.05, 4.69) is 6.92 Å². The molecule has 154 valence electrons. The summed E-state index contributed by atoms with van der Waals surface area (Å²) in [6.07, 6.45) is 3.18. The van der Waals surface area contributed by atoms with Gasteiger partial charge in [-0.2, -0.15) is 0 Å². The Hall–Kier alpha value is -2.53. The summed E-state index contributed by atoms with van der Waals surface area (Å²) < 4.78 is 39.9. The first kappa shape index (κ1) is 21.2. The van der Waals surface area contributed by atoms with Crippen molar-refractivity contribution in [1.82, 2.24) is 0 Å². The second-order valence-corrected chi connectivity index (χ2v) is 7.17. The van der Waals surface area contributed by atoms with Gasteiger partial charge in [-0.05, 0) is 60.4 Å². The van der Waals surface area contributed by atoms with Gasteiger partial charge in [0.25, 0.3) is 0 Å². The molecule has 0 atom stereocenters. The van der Waals surface area contributed by atoms with Crippen molar-refractivity contribution in [3.05, 3.63) is 80.9 Å². The third-order valence-electron chi connectivity index (χ3n) is 5.03. The molecule has 0 radical (unpaired) electrons. The average Bonchev–Trinajstić information content (AvgIpc) is 2.71. The van der Waals surface area contributed by atoms with Crippen molar-refractivity contribution in [2.45, 2.75) is 52.6 Å². The molecule has 3 aromatic rings. The molecule has 0 saturated carbocycles. The average molecular weight is 400 g/mol. The molecule has 0 bridgehead atoms. The molecule has 1 aromatic heterocycles. The van der Waals surface area contributed by atoms with Gasteiger partial charge in [0.05, 0.1) is 6.61 Å². The van der Waals surface area contributed by atoms with Gasteiger partial charge < -0.3 is 9.15 Å². The number of halogens is 2. The van der Waals surface area contributed by atoms with Crippen molar-refractivity contribution in [1.29, 1.82) is 0 Å². The fourth-order valence-electron chi connectivity index (χ4n) is 3.37. The Bertz CT molecular complexity index is 1040. The number of fused-ring (bicyclic) bond motifs is 1. The van der Waals surface area contributed by atoms with Crippen LogP contribution in [0.4, 0.5) is 8.78 Å². The Balaban J connectivity index is 1.79. The monoisotopic (exact) mass is 400 g/mol. The van der Waals surface area contributed by atoms with Crippen molar-refractivity contribution in [3.8, 4) is 0 Å². The summed E-state index contributed by atoms with van der Waals surface area (Å²) in [5.41, 5.74) is 0.997. The second kappa shape index (κ2) is 9.79. The summed E-state index contributed by atoms with van der Waals surface area (Å²) >= 11 is 0. The van der Waals surface area contributed by atoms with E-state index in [1.165, 1.54) is 6.07 Å². The molecule has 3 rings (SSSR count). The predicted octanol–water partition coefficient (Wildman–Crippen LogP) is 5.74. The van der Waals surface area contributed by atoms with Gasteiger partial charge in [0.1, 0.15) is 22.8 Å². The van der Waals surface area contributed by atoms with E-state index in [0.29, 0.717) is 54.7 Å². The molecule has 0 aliphatic rings. The molecule has 29 heavy (non-hydrogen) atoms. The van der Waals surface area contributed by atoms with Gasteiger partial charge >= 0.3 is 5.63 Å². The maximum Gasteiger partial charge on any atom is 0.346 e. The van der Waals surface area contributed by atoms with Crippen LogP contribution in [0.1, 0.15) is 49.1 Å². The van der Waals surface area contributed by atoms with Gasteiger partial charge in [-0.1, -0.05) is 37.6 Å². The third kappa shape index (κ3) is 5.10. The van der Waals surface area contributed by atoms with Crippen molar-refractivity contribution in [3.63, 3.8) is 0 Å². The molecule has 0 N–H and O–H groups in total. The van der Waals surface area contributed by atoms with E-state index in [-0.39, 0.29) is 11.2 Å². The fourth-order valence-corrected chi connectivity index (χ4v) is 3.37. The molecule has 3 nitrogen and oxygen atoms in total. The van der Waals surface area contributed by atoms with Crippen LogP contribution in [-0.2, 0) is 30.6 Å². The normalized spacial score (nSPS) is 11.3. The molecule has 2 aromatic carbocycles. The van der Waals surface area contributed by atoms with Crippen LogP contribution < -0.4 is 5.63 Å². The van der Waals surface area contributed by atoms with Crippen molar-refractivity contribution in [2.24, 2.45) is 0 Å². The quantitative estimate of drug-likeness (QED) is 0.460. The van der Waals surface area contributed by atoms with Crippen LogP contribution in [0.25, 0.3) is 10.8 Å². The zero-order valence-corrected chi connectivity index (χ0v) is 16.9. The van der Waals surface area contributed by atoms with E-state index in [4.69, 9.17) is 9.15 Å². The van der Waals surface area contributed by atoms with Gasteiger partial charge in [-0.3, -0.25) is 0 Å². The highest BCUT2D eigenvalue weighted by Crippen LogP contribution is 2.22. The summed E-state index contributed by atoms with van der Waals surface area (Å²) in [5, 5.41) is 0.510. The largest absolute Gasteiger partial charge is 0.427 e. The number of hydrogen-bond acceptors (Lipinski definition) is 3. The Kier molecular flexibility index (Phi) is 7.15. The molecule has 0 aliphatic heterocycles. The molecule has 0 spiro atoms. The Labute approximate surface area is 169 Å². The number of rotatable bonds is 9. The topological polar surface area (TPSA) is 39.4 Å². The highest BCUT2D eigenvalue weighted by Gasteiger charge is 2.14. The molecule has 0 unspecified atom stereocenters. The summed E-state index contributed by atoms with van der Waals surface area (Å²) in [7, 11) is 0. The van der Waals surface area contributed by atoms with E-state index in [1.54, 1.807) is 24.3 Å². The summed E-state index contributed by atoms with van der Waals surface area (Å²) in [6, 6.07) is 10.1. The SMILES string of the molecule is CCCCc1cc2ccc(CCc3ccc(COCC)cc3F)c(F)c2c(=O)o1. The van der Waals surface area contributed by atoms with E-state index in [9.17, 15) is 13.6 Å². The molecule has 0 fully saturated rings. The smallest absolute Gasteiger partial charge is 0.346 e. The molecule has 0 amide bonds. The van der Waals surface area contributed by atoms with Gasteiger partial charge in [0.2, 0.25) is 0 Å². The first-order valence-corrected chi connectivity index (χ1v) is 10.1. The molecule has 5 heteroatoms. The van der Waals surface area contributed by atoms with Crippen LogP contribution in [0.3, 0.4) is 0 Å². The summed E-state index contributed by atoms with van der Waals surface area (Å²) in [4.78, 5) is 12.3. The van der Waals surface area contributed by atoms with Crippen LogP contribution in [0, 0.1) is 11.6 Å². The Morgan fingerprint density at radius 1 is 0.966 bits per heavy atom. The van der Waals surface area contributed by atoms with Crippen LogP contribution in [0.15, 0.2) is 45.6 Å². The highest BCUT2D eigenvalue weighted by molar-refractivity contribution is 5.82. The molecule has 0 aliphatic carbocycles.